The van der Waals surface area contributed by atoms with Crippen molar-refractivity contribution in [2.75, 3.05) is 6.54 Å². The molecule has 17 heavy (non-hydrogen) atoms. The zero-order valence-electron chi connectivity index (χ0n) is 10.3. The van der Waals surface area contributed by atoms with Crippen molar-refractivity contribution in [3.05, 3.63) is 35.4 Å². The van der Waals surface area contributed by atoms with E-state index in [9.17, 15) is 4.79 Å². The number of hydrogen-bond donors (Lipinski definition) is 0. The van der Waals surface area contributed by atoms with Crippen LogP contribution in [-0.2, 0) is 11.2 Å². The molecule has 1 aromatic carbocycles. The largest absolute Gasteiger partial charge is 0.334 e. The zero-order valence-corrected chi connectivity index (χ0v) is 11.1. The highest BCUT2D eigenvalue weighted by Gasteiger charge is 2.30. The van der Waals surface area contributed by atoms with Crippen LogP contribution in [0.25, 0.3) is 0 Å². The molecule has 1 heterocycles. The minimum atomic E-state index is -0.436. The van der Waals surface area contributed by atoms with Crippen LogP contribution in [0.1, 0.15) is 37.4 Å². The second-order valence-electron chi connectivity index (χ2n) is 4.52. The Labute approximate surface area is 108 Å². The van der Waals surface area contributed by atoms with E-state index in [1.165, 1.54) is 11.1 Å². The fourth-order valence-electron chi connectivity index (χ4n) is 2.58. The first-order valence-corrected chi connectivity index (χ1v) is 6.61. The lowest BCUT2D eigenvalue weighted by atomic mass is 9.91. The molecule has 0 saturated heterocycles. The average Bonchev–Trinajstić information content (AvgIpc) is 2.36. The van der Waals surface area contributed by atoms with E-state index >= 15 is 0 Å². The Kier molecular flexibility index (Phi) is 3.72. The molecule has 0 bridgehead atoms. The van der Waals surface area contributed by atoms with Gasteiger partial charge < -0.3 is 4.90 Å². The summed E-state index contributed by atoms with van der Waals surface area (Å²) in [5, 5.41) is -0.436. The Morgan fingerprint density at radius 3 is 2.88 bits per heavy atom. The molecule has 0 spiro atoms. The lowest BCUT2D eigenvalue weighted by Gasteiger charge is -2.37. The highest BCUT2D eigenvalue weighted by Crippen LogP contribution is 2.32. The number of nitrogens with zero attached hydrogens (tertiary/aromatic N) is 1. The van der Waals surface area contributed by atoms with E-state index in [-0.39, 0.29) is 11.9 Å². The third-order valence-electron chi connectivity index (χ3n) is 3.42. The van der Waals surface area contributed by atoms with Gasteiger partial charge in [-0.15, -0.1) is 11.6 Å². The Balaban J connectivity index is 2.32. The van der Waals surface area contributed by atoms with E-state index in [0.29, 0.717) is 0 Å². The van der Waals surface area contributed by atoms with Crippen molar-refractivity contribution in [3.63, 3.8) is 0 Å². The number of rotatable bonds is 2. The van der Waals surface area contributed by atoms with Gasteiger partial charge in [-0.1, -0.05) is 31.2 Å². The fourth-order valence-corrected chi connectivity index (χ4v) is 2.71. The van der Waals surface area contributed by atoms with Gasteiger partial charge in [0.15, 0.2) is 0 Å². The molecule has 1 amide bonds. The molecule has 1 aliphatic heterocycles. The van der Waals surface area contributed by atoms with Gasteiger partial charge in [0.05, 0.1) is 6.04 Å². The van der Waals surface area contributed by atoms with Crippen LogP contribution in [-0.4, -0.2) is 22.7 Å². The van der Waals surface area contributed by atoms with Gasteiger partial charge in [-0.2, -0.15) is 0 Å². The van der Waals surface area contributed by atoms with Crippen LogP contribution in [0.3, 0.4) is 0 Å². The molecule has 3 heteroatoms. The third-order valence-corrected chi connectivity index (χ3v) is 3.61. The molecule has 1 aliphatic rings. The number of alkyl halides is 1. The van der Waals surface area contributed by atoms with Crippen molar-refractivity contribution in [3.8, 4) is 0 Å². The summed E-state index contributed by atoms with van der Waals surface area (Å²) in [5.74, 6) is 0.0491. The molecule has 92 valence electrons. The number of carbonyl (C=O) groups is 1. The van der Waals surface area contributed by atoms with Gasteiger partial charge in [-0.05, 0) is 30.9 Å². The monoisotopic (exact) mass is 251 g/mol. The molecule has 2 nitrogen and oxygen atoms in total. The molecule has 0 N–H and O–H groups in total. The number of amides is 1. The Hall–Kier alpha value is -1.02. The van der Waals surface area contributed by atoms with E-state index in [1.807, 2.05) is 11.0 Å². The maximum Gasteiger partial charge on any atom is 0.240 e. The van der Waals surface area contributed by atoms with Crippen LogP contribution in [0.2, 0.25) is 0 Å². The van der Waals surface area contributed by atoms with E-state index in [4.69, 9.17) is 11.6 Å². The van der Waals surface area contributed by atoms with E-state index < -0.39 is 5.38 Å². The summed E-state index contributed by atoms with van der Waals surface area (Å²) in [6, 6.07) is 8.58. The molecule has 0 radical (unpaired) electrons. The minimum absolute atomic E-state index is 0.0491. The topological polar surface area (TPSA) is 20.3 Å². The summed E-state index contributed by atoms with van der Waals surface area (Å²) in [6.07, 6.45) is 1.87. The molecule has 2 unspecified atom stereocenters. The van der Waals surface area contributed by atoms with Gasteiger partial charge in [0.1, 0.15) is 5.38 Å². The normalized spacial score (nSPS) is 20.9. The molecule has 0 fully saturated rings. The summed E-state index contributed by atoms with van der Waals surface area (Å²) in [5.41, 5.74) is 2.65. The average molecular weight is 252 g/mol. The highest BCUT2D eigenvalue weighted by atomic mass is 35.5. The molecule has 0 aliphatic carbocycles. The third kappa shape index (κ3) is 2.32. The second kappa shape index (κ2) is 5.09. The van der Waals surface area contributed by atoms with Crippen molar-refractivity contribution in [1.29, 1.82) is 0 Å². The van der Waals surface area contributed by atoms with E-state index in [1.54, 1.807) is 6.92 Å². The van der Waals surface area contributed by atoms with Crippen LogP contribution in [0.4, 0.5) is 0 Å². The van der Waals surface area contributed by atoms with Crippen LogP contribution in [0.5, 0.6) is 0 Å². The Bertz CT molecular complexity index is 416. The van der Waals surface area contributed by atoms with Gasteiger partial charge in [0.25, 0.3) is 0 Å². The minimum Gasteiger partial charge on any atom is -0.334 e. The smallest absolute Gasteiger partial charge is 0.240 e. The van der Waals surface area contributed by atoms with Gasteiger partial charge >= 0.3 is 0 Å². The van der Waals surface area contributed by atoms with Gasteiger partial charge in [-0.25, -0.2) is 0 Å². The van der Waals surface area contributed by atoms with E-state index in [2.05, 4.69) is 25.1 Å². The standard InChI is InChI=1S/C14H18ClNO/c1-3-13-12-7-5-4-6-11(12)8-9-16(13)14(17)10(2)15/h4-7,10,13H,3,8-9H2,1-2H3. The lowest BCUT2D eigenvalue weighted by molar-refractivity contribution is -0.133. The van der Waals surface area contributed by atoms with E-state index in [0.717, 1.165) is 19.4 Å². The summed E-state index contributed by atoms with van der Waals surface area (Å²) >= 11 is 5.92. The van der Waals surface area contributed by atoms with Crippen molar-refractivity contribution >= 4 is 17.5 Å². The van der Waals surface area contributed by atoms with Gasteiger partial charge in [-0.3, -0.25) is 4.79 Å². The summed E-state index contributed by atoms with van der Waals surface area (Å²) in [6.45, 7) is 4.65. The quantitative estimate of drug-likeness (QED) is 0.740. The van der Waals surface area contributed by atoms with Gasteiger partial charge in [0, 0.05) is 6.54 Å². The molecule has 2 atom stereocenters. The molecule has 1 aromatic rings. The molecular weight excluding hydrogens is 234 g/mol. The van der Waals surface area contributed by atoms with Crippen molar-refractivity contribution in [1.82, 2.24) is 4.90 Å². The maximum atomic E-state index is 12.1. The van der Waals surface area contributed by atoms with Crippen molar-refractivity contribution in [2.45, 2.75) is 38.1 Å². The van der Waals surface area contributed by atoms with Crippen LogP contribution in [0.15, 0.2) is 24.3 Å². The maximum absolute atomic E-state index is 12.1. The lowest BCUT2D eigenvalue weighted by Crippen LogP contribution is -2.42. The summed E-state index contributed by atoms with van der Waals surface area (Å²) in [7, 11) is 0. The zero-order chi connectivity index (χ0) is 12.4. The number of halogens is 1. The van der Waals surface area contributed by atoms with Crippen molar-refractivity contribution < 1.29 is 4.79 Å². The Morgan fingerprint density at radius 2 is 2.24 bits per heavy atom. The highest BCUT2D eigenvalue weighted by molar-refractivity contribution is 6.30. The molecule has 2 rings (SSSR count). The van der Waals surface area contributed by atoms with Crippen LogP contribution >= 0.6 is 11.6 Å². The van der Waals surface area contributed by atoms with Gasteiger partial charge in [0.2, 0.25) is 5.91 Å². The first-order chi connectivity index (χ1) is 8.15. The molecular formula is C14H18ClNO. The molecule has 0 aromatic heterocycles. The van der Waals surface area contributed by atoms with Crippen LogP contribution in [0, 0.1) is 0 Å². The summed E-state index contributed by atoms with van der Waals surface area (Å²) < 4.78 is 0. The SMILES string of the molecule is CCC1c2ccccc2CCN1C(=O)C(C)Cl. The number of benzene rings is 1. The summed E-state index contributed by atoms with van der Waals surface area (Å²) in [4.78, 5) is 14.0. The first kappa shape index (κ1) is 12.4. The first-order valence-electron chi connectivity index (χ1n) is 6.17. The predicted molar refractivity (Wildman–Crippen MR) is 70.2 cm³/mol. The van der Waals surface area contributed by atoms with Crippen LogP contribution < -0.4 is 0 Å². The predicted octanol–water partition coefficient (Wildman–Crippen LogP) is 3.15. The fraction of sp³-hybridized carbons (Fsp3) is 0.500. The Morgan fingerprint density at radius 1 is 1.53 bits per heavy atom. The second-order valence-corrected chi connectivity index (χ2v) is 5.18. The van der Waals surface area contributed by atoms with Crippen molar-refractivity contribution in [2.24, 2.45) is 0 Å². The number of carbonyl (C=O) groups excluding carboxylic acids is 1. The number of fused-ring (bicyclic) bond motifs is 1. The number of hydrogen-bond acceptors (Lipinski definition) is 1. The molecule has 0 saturated carbocycles.